The van der Waals surface area contributed by atoms with E-state index >= 15 is 0 Å². The van der Waals surface area contributed by atoms with Crippen molar-refractivity contribution in [2.24, 2.45) is 11.7 Å². The summed E-state index contributed by atoms with van der Waals surface area (Å²) < 4.78 is 1.15. The number of nitrogens with two attached hydrogens (primary N) is 1. The van der Waals surface area contributed by atoms with Crippen LogP contribution in [-0.4, -0.2) is 18.0 Å². The van der Waals surface area contributed by atoms with Crippen molar-refractivity contribution in [3.05, 3.63) is 20.8 Å². The van der Waals surface area contributed by atoms with Gasteiger partial charge in [0.1, 0.15) is 0 Å². The molecule has 0 aliphatic heterocycles. The molecule has 0 spiro atoms. The lowest BCUT2D eigenvalue weighted by atomic mass is 9.95. The Labute approximate surface area is 127 Å². The highest BCUT2D eigenvalue weighted by molar-refractivity contribution is 9.11. The first-order chi connectivity index (χ1) is 9.03. The summed E-state index contributed by atoms with van der Waals surface area (Å²) in [4.78, 5) is 13.3. The maximum Gasteiger partial charge on any atom is 0.220 e. The molecule has 1 aromatic rings. The summed E-state index contributed by atoms with van der Waals surface area (Å²) in [5.74, 6) is 0.713. The van der Waals surface area contributed by atoms with Crippen LogP contribution in [0.25, 0.3) is 0 Å². The van der Waals surface area contributed by atoms with E-state index < -0.39 is 0 Å². The van der Waals surface area contributed by atoms with Gasteiger partial charge in [0, 0.05) is 17.8 Å². The molecule has 1 aromatic heterocycles. The maximum atomic E-state index is 12.0. The van der Waals surface area contributed by atoms with Gasteiger partial charge in [-0.25, -0.2) is 0 Å². The number of rotatable bonds is 7. The molecule has 19 heavy (non-hydrogen) atoms. The lowest BCUT2D eigenvalue weighted by molar-refractivity contribution is -0.123. The molecular formula is C14H21BrN2OS. The number of carbonyl (C=O) groups is 1. The Kier molecular flexibility index (Phi) is 5.03. The average Bonchev–Trinajstić information content (AvgIpc) is 3.14. The summed E-state index contributed by atoms with van der Waals surface area (Å²) in [5.41, 5.74) is 5.61. The monoisotopic (exact) mass is 344 g/mol. The third-order valence-electron chi connectivity index (χ3n) is 3.78. The van der Waals surface area contributed by atoms with Gasteiger partial charge in [-0.1, -0.05) is 0 Å². The summed E-state index contributed by atoms with van der Waals surface area (Å²) in [7, 11) is 0. The molecule has 0 aromatic carbocycles. The first-order valence-electron chi connectivity index (χ1n) is 6.79. The molecule has 1 amide bonds. The van der Waals surface area contributed by atoms with Crippen molar-refractivity contribution >= 4 is 33.2 Å². The van der Waals surface area contributed by atoms with Gasteiger partial charge in [0.25, 0.3) is 0 Å². The van der Waals surface area contributed by atoms with Crippen molar-refractivity contribution in [3.8, 4) is 0 Å². The van der Waals surface area contributed by atoms with Crippen LogP contribution >= 0.6 is 27.3 Å². The SMILES string of the molecule is CC(CN)(NC(=O)CCCc1ccc(Br)s1)C1CC1. The number of halogens is 1. The fourth-order valence-electron chi connectivity index (χ4n) is 2.33. The second kappa shape index (κ2) is 6.37. The molecule has 1 unspecified atom stereocenters. The van der Waals surface area contributed by atoms with E-state index in [9.17, 15) is 4.79 Å². The average molecular weight is 345 g/mol. The van der Waals surface area contributed by atoms with Crippen molar-refractivity contribution in [1.29, 1.82) is 0 Å². The molecule has 1 aliphatic rings. The first-order valence-corrected chi connectivity index (χ1v) is 8.40. The van der Waals surface area contributed by atoms with Gasteiger partial charge >= 0.3 is 0 Å². The predicted molar refractivity (Wildman–Crippen MR) is 83.3 cm³/mol. The first kappa shape index (κ1) is 15.0. The van der Waals surface area contributed by atoms with E-state index in [1.165, 1.54) is 17.7 Å². The molecule has 1 fully saturated rings. The second-order valence-electron chi connectivity index (χ2n) is 5.50. The van der Waals surface area contributed by atoms with Gasteiger partial charge in [0.2, 0.25) is 5.91 Å². The Balaban J connectivity index is 1.72. The Morgan fingerprint density at radius 3 is 2.84 bits per heavy atom. The number of thiophene rings is 1. The molecular weight excluding hydrogens is 324 g/mol. The molecule has 5 heteroatoms. The Morgan fingerprint density at radius 1 is 1.58 bits per heavy atom. The number of hydrogen-bond acceptors (Lipinski definition) is 3. The third-order valence-corrected chi connectivity index (χ3v) is 5.47. The molecule has 1 saturated carbocycles. The van der Waals surface area contributed by atoms with E-state index in [0.29, 0.717) is 18.9 Å². The standard InChI is InChI=1S/C14H21BrN2OS/c1-14(9-16,10-5-6-10)17-13(18)4-2-3-11-7-8-12(15)19-11/h7-8,10H,2-6,9,16H2,1H3,(H,17,18). The number of aryl methyl sites for hydroxylation is 1. The maximum absolute atomic E-state index is 12.0. The largest absolute Gasteiger partial charge is 0.349 e. The van der Waals surface area contributed by atoms with Crippen LogP contribution in [0.2, 0.25) is 0 Å². The van der Waals surface area contributed by atoms with Gasteiger partial charge in [-0.15, -0.1) is 11.3 Å². The fraction of sp³-hybridized carbons (Fsp3) is 0.643. The van der Waals surface area contributed by atoms with Crippen LogP contribution in [-0.2, 0) is 11.2 Å². The quantitative estimate of drug-likeness (QED) is 0.798. The molecule has 1 aliphatic carbocycles. The van der Waals surface area contributed by atoms with E-state index in [2.05, 4.69) is 40.3 Å². The zero-order valence-corrected chi connectivity index (χ0v) is 13.6. The Morgan fingerprint density at radius 2 is 2.32 bits per heavy atom. The molecule has 3 nitrogen and oxygen atoms in total. The number of amides is 1. The summed E-state index contributed by atoms with van der Waals surface area (Å²) >= 11 is 5.19. The van der Waals surface area contributed by atoms with Crippen LogP contribution in [0.3, 0.4) is 0 Å². The number of hydrogen-bond donors (Lipinski definition) is 2. The van der Waals surface area contributed by atoms with Crippen molar-refractivity contribution in [3.63, 3.8) is 0 Å². The summed E-state index contributed by atoms with van der Waals surface area (Å²) in [6.45, 7) is 2.60. The third kappa shape index (κ3) is 4.29. The second-order valence-corrected chi connectivity index (χ2v) is 8.05. The van der Waals surface area contributed by atoms with Gasteiger partial charge in [-0.2, -0.15) is 0 Å². The zero-order valence-electron chi connectivity index (χ0n) is 11.2. The molecule has 2 rings (SSSR count). The van der Waals surface area contributed by atoms with Crippen LogP contribution in [0.15, 0.2) is 15.9 Å². The smallest absolute Gasteiger partial charge is 0.220 e. The molecule has 106 valence electrons. The minimum Gasteiger partial charge on any atom is -0.349 e. The van der Waals surface area contributed by atoms with Crippen molar-refractivity contribution < 1.29 is 4.79 Å². The summed E-state index contributed by atoms with van der Waals surface area (Å²) in [5, 5.41) is 3.13. The molecule has 3 N–H and O–H groups in total. The van der Waals surface area contributed by atoms with Gasteiger partial charge < -0.3 is 11.1 Å². The van der Waals surface area contributed by atoms with Crippen molar-refractivity contribution in [2.75, 3.05) is 6.54 Å². The van der Waals surface area contributed by atoms with E-state index in [-0.39, 0.29) is 11.4 Å². The Bertz CT molecular complexity index is 444. The summed E-state index contributed by atoms with van der Waals surface area (Å²) in [6.07, 6.45) is 4.82. The highest BCUT2D eigenvalue weighted by Gasteiger charge is 2.41. The lowest BCUT2D eigenvalue weighted by Gasteiger charge is -2.29. The zero-order chi connectivity index (χ0) is 13.9. The van der Waals surface area contributed by atoms with Crippen LogP contribution < -0.4 is 11.1 Å². The molecule has 1 heterocycles. The minimum absolute atomic E-state index is 0.135. The van der Waals surface area contributed by atoms with E-state index in [1.807, 2.05) is 0 Å². The van der Waals surface area contributed by atoms with Gasteiger partial charge in [0.05, 0.1) is 9.33 Å². The highest BCUT2D eigenvalue weighted by Crippen LogP contribution is 2.39. The van der Waals surface area contributed by atoms with Crippen molar-refractivity contribution in [1.82, 2.24) is 5.32 Å². The van der Waals surface area contributed by atoms with Gasteiger partial charge in [0.15, 0.2) is 0 Å². The van der Waals surface area contributed by atoms with E-state index in [4.69, 9.17) is 5.73 Å². The molecule has 1 atom stereocenters. The topological polar surface area (TPSA) is 55.1 Å². The predicted octanol–water partition coefficient (Wildman–Crippen LogP) is 3.08. The van der Waals surface area contributed by atoms with E-state index in [1.54, 1.807) is 11.3 Å². The number of nitrogens with one attached hydrogen (secondary N) is 1. The lowest BCUT2D eigenvalue weighted by Crippen LogP contribution is -2.53. The summed E-state index contributed by atoms with van der Waals surface area (Å²) in [6, 6.07) is 4.17. The van der Waals surface area contributed by atoms with Crippen LogP contribution in [0.4, 0.5) is 0 Å². The van der Waals surface area contributed by atoms with Gasteiger partial charge in [-0.3, -0.25) is 4.79 Å². The Hall–Kier alpha value is -0.390. The van der Waals surface area contributed by atoms with Crippen LogP contribution in [0.1, 0.15) is 37.5 Å². The fourth-order valence-corrected chi connectivity index (χ4v) is 3.86. The van der Waals surface area contributed by atoms with Crippen molar-refractivity contribution in [2.45, 2.75) is 44.6 Å². The minimum atomic E-state index is -0.191. The highest BCUT2D eigenvalue weighted by atomic mass is 79.9. The van der Waals surface area contributed by atoms with Crippen LogP contribution in [0, 0.1) is 5.92 Å². The molecule has 0 bridgehead atoms. The van der Waals surface area contributed by atoms with Crippen LogP contribution in [0.5, 0.6) is 0 Å². The normalized spacial score (nSPS) is 18.1. The molecule has 0 saturated heterocycles. The van der Waals surface area contributed by atoms with Gasteiger partial charge in [-0.05, 0) is 66.6 Å². The van der Waals surface area contributed by atoms with E-state index in [0.717, 1.165) is 16.6 Å². The number of carbonyl (C=O) groups excluding carboxylic acids is 1. The molecule has 0 radical (unpaired) electrons.